The van der Waals surface area contributed by atoms with Crippen molar-refractivity contribution in [3.05, 3.63) is 34.9 Å². The number of aliphatic carboxylic acids is 1. The highest BCUT2D eigenvalue weighted by atomic mass is 35.5. The van der Waals surface area contributed by atoms with Gasteiger partial charge in [-0.3, -0.25) is 4.79 Å². The number of carboxylic acid groups (broad SMARTS) is 1. The SMILES string of the molecule is O=C(O)CCNC(c1ccc(Cl)cc1)C1CC1. The Bertz CT molecular complexity index is 387. The van der Waals surface area contributed by atoms with Crippen molar-refractivity contribution in [3.8, 4) is 0 Å². The van der Waals surface area contributed by atoms with Crippen LogP contribution in [-0.2, 0) is 4.79 Å². The molecule has 1 aliphatic rings. The average molecular weight is 254 g/mol. The van der Waals surface area contributed by atoms with Gasteiger partial charge in [0.1, 0.15) is 0 Å². The Labute approximate surface area is 106 Å². The van der Waals surface area contributed by atoms with Crippen LogP contribution in [0.4, 0.5) is 0 Å². The van der Waals surface area contributed by atoms with E-state index in [0.717, 1.165) is 5.02 Å². The van der Waals surface area contributed by atoms with E-state index < -0.39 is 5.97 Å². The van der Waals surface area contributed by atoms with Crippen molar-refractivity contribution in [2.75, 3.05) is 6.54 Å². The third kappa shape index (κ3) is 3.72. The summed E-state index contributed by atoms with van der Waals surface area (Å²) < 4.78 is 0. The van der Waals surface area contributed by atoms with Crippen LogP contribution in [0.15, 0.2) is 24.3 Å². The minimum atomic E-state index is -0.761. The molecule has 1 atom stereocenters. The normalized spacial score (nSPS) is 16.8. The summed E-state index contributed by atoms with van der Waals surface area (Å²) in [4.78, 5) is 10.5. The van der Waals surface area contributed by atoms with Gasteiger partial charge in [0.25, 0.3) is 0 Å². The lowest BCUT2D eigenvalue weighted by Crippen LogP contribution is -2.25. The van der Waals surface area contributed by atoms with Gasteiger partial charge in [0.2, 0.25) is 0 Å². The van der Waals surface area contributed by atoms with Crippen molar-refractivity contribution in [2.45, 2.75) is 25.3 Å². The molecule has 1 aromatic rings. The minimum Gasteiger partial charge on any atom is -0.481 e. The van der Waals surface area contributed by atoms with E-state index in [4.69, 9.17) is 16.7 Å². The first kappa shape index (κ1) is 12.4. The van der Waals surface area contributed by atoms with Gasteiger partial charge in [-0.05, 0) is 36.5 Å². The smallest absolute Gasteiger partial charge is 0.304 e. The number of halogens is 1. The molecule has 1 aromatic carbocycles. The van der Waals surface area contributed by atoms with Crippen LogP contribution in [0.3, 0.4) is 0 Å². The quantitative estimate of drug-likeness (QED) is 0.820. The molecule has 0 spiro atoms. The fourth-order valence-corrected chi connectivity index (χ4v) is 2.12. The molecule has 1 saturated carbocycles. The second kappa shape index (κ2) is 5.52. The fraction of sp³-hybridized carbons (Fsp3) is 0.462. The first-order chi connectivity index (χ1) is 8.16. The zero-order valence-corrected chi connectivity index (χ0v) is 10.3. The second-order valence-electron chi connectivity index (χ2n) is 4.46. The topological polar surface area (TPSA) is 49.3 Å². The van der Waals surface area contributed by atoms with E-state index in [-0.39, 0.29) is 12.5 Å². The molecule has 0 aromatic heterocycles. The van der Waals surface area contributed by atoms with Crippen LogP contribution in [0.1, 0.15) is 30.9 Å². The molecular weight excluding hydrogens is 238 g/mol. The third-order valence-corrected chi connectivity index (χ3v) is 3.28. The Morgan fingerprint density at radius 1 is 1.41 bits per heavy atom. The molecule has 0 amide bonds. The van der Waals surface area contributed by atoms with Gasteiger partial charge >= 0.3 is 5.97 Å². The fourth-order valence-electron chi connectivity index (χ4n) is 1.99. The summed E-state index contributed by atoms with van der Waals surface area (Å²) in [6.45, 7) is 0.513. The maximum Gasteiger partial charge on any atom is 0.304 e. The maximum absolute atomic E-state index is 10.5. The highest BCUT2D eigenvalue weighted by Crippen LogP contribution is 2.41. The number of carboxylic acids is 1. The Morgan fingerprint density at radius 2 is 2.06 bits per heavy atom. The first-order valence-corrected chi connectivity index (χ1v) is 6.25. The monoisotopic (exact) mass is 253 g/mol. The van der Waals surface area contributed by atoms with Gasteiger partial charge in [0, 0.05) is 17.6 Å². The summed E-state index contributed by atoms with van der Waals surface area (Å²) in [6, 6.07) is 8.06. The predicted molar refractivity (Wildman–Crippen MR) is 67.2 cm³/mol. The molecule has 3 nitrogen and oxygen atoms in total. The Morgan fingerprint density at radius 3 is 2.59 bits per heavy atom. The molecule has 0 bridgehead atoms. The van der Waals surface area contributed by atoms with Crippen LogP contribution in [-0.4, -0.2) is 17.6 Å². The molecule has 0 radical (unpaired) electrons. The van der Waals surface area contributed by atoms with Crippen LogP contribution in [0.2, 0.25) is 5.02 Å². The molecule has 0 heterocycles. The van der Waals surface area contributed by atoms with Crippen LogP contribution < -0.4 is 5.32 Å². The van der Waals surface area contributed by atoms with Crippen LogP contribution in [0.25, 0.3) is 0 Å². The van der Waals surface area contributed by atoms with Crippen LogP contribution in [0.5, 0.6) is 0 Å². The minimum absolute atomic E-state index is 0.164. The van der Waals surface area contributed by atoms with Gasteiger partial charge in [-0.2, -0.15) is 0 Å². The van der Waals surface area contributed by atoms with Crippen LogP contribution in [0, 0.1) is 5.92 Å². The summed E-state index contributed by atoms with van der Waals surface area (Å²) in [5, 5.41) is 12.7. The number of hydrogen-bond acceptors (Lipinski definition) is 2. The van der Waals surface area contributed by atoms with Crippen molar-refractivity contribution in [3.63, 3.8) is 0 Å². The zero-order chi connectivity index (χ0) is 12.3. The molecule has 2 N–H and O–H groups in total. The van der Waals surface area contributed by atoms with Crippen molar-refractivity contribution in [1.82, 2.24) is 5.32 Å². The maximum atomic E-state index is 10.5. The number of carbonyl (C=O) groups is 1. The van der Waals surface area contributed by atoms with Gasteiger partial charge in [0.15, 0.2) is 0 Å². The van der Waals surface area contributed by atoms with Crippen molar-refractivity contribution in [2.24, 2.45) is 5.92 Å². The number of nitrogens with one attached hydrogen (secondary N) is 1. The molecule has 0 saturated heterocycles. The summed E-state index contributed by atoms with van der Waals surface area (Å²) in [5.74, 6) is -0.117. The van der Waals surface area contributed by atoms with Crippen molar-refractivity contribution >= 4 is 17.6 Å². The lowest BCUT2D eigenvalue weighted by atomic mass is 10.0. The largest absolute Gasteiger partial charge is 0.481 e. The lowest BCUT2D eigenvalue weighted by Gasteiger charge is -2.18. The molecule has 92 valence electrons. The van der Waals surface area contributed by atoms with Gasteiger partial charge in [0.05, 0.1) is 6.42 Å². The summed E-state index contributed by atoms with van der Waals surface area (Å²) in [7, 11) is 0. The molecule has 1 fully saturated rings. The average Bonchev–Trinajstić information content (AvgIpc) is 3.10. The van der Waals surface area contributed by atoms with Gasteiger partial charge in [-0.15, -0.1) is 0 Å². The lowest BCUT2D eigenvalue weighted by molar-refractivity contribution is -0.136. The van der Waals surface area contributed by atoms with E-state index in [1.54, 1.807) is 0 Å². The third-order valence-electron chi connectivity index (χ3n) is 3.03. The Kier molecular flexibility index (Phi) is 4.02. The van der Waals surface area contributed by atoms with Gasteiger partial charge in [-0.1, -0.05) is 23.7 Å². The van der Waals surface area contributed by atoms with Gasteiger partial charge in [-0.25, -0.2) is 0 Å². The Balaban J connectivity index is 1.97. The highest BCUT2D eigenvalue weighted by molar-refractivity contribution is 6.30. The molecular formula is C13H16ClNO2. The predicted octanol–water partition coefficient (Wildman–Crippen LogP) is 2.86. The molecule has 1 aliphatic carbocycles. The number of hydrogen-bond donors (Lipinski definition) is 2. The highest BCUT2D eigenvalue weighted by Gasteiger charge is 2.31. The summed E-state index contributed by atoms with van der Waals surface area (Å²) in [6.07, 6.45) is 2.59. The zero-order valence-electron chi connectivity index (χ0n) is 9.53. The van der Waals surface area contributed by atoms with Crippen LogP contribution >= 0.6 is 11.6 Å². The first-order valence-electron chi connectivity index (χ1n) is 5.87. The molecule has 4 heteroatoms. The Hall–Kier alpha value is -1.06. The van der Waals surface area contributed by atoms with E-state index in [2.05, 4.69) is 5.32 Å². The standard InChI is InChI=1S/C13H16ClNO2/c14-11-5-3-10(4-6-11)13(9-1-2-9)15-8-7-12(16)17/h3-6,9,13,15H,1-2,7-8H2,(H,16,17). The van der Waals surface area contributed by atoms with E-state index in [1.165, 1.54) is 18.4 Å². The summed E-state index contributed by atoms with van der Waals surface area (Å²) >= 11 is 5.86. The van der Waals surface area contributed by atoms with Crippen molar-refractivity contribution < 1.29 is 9.90 Å². The number of benzene rings is 1. The van der Waals surface area contributed by atoms with E-state index in [9.17, 15) is 4.79 Å². The van der Waals surface area contributed by atoms with E-state index in [0.29, 0.717) is 12.5 Å². The van der Waals surface area contributed by atoms with E-state index >= 15 is 0 Å². The van der Waals surface area contributed by atoms with E-state index in [1.807, 2.05) is 24.3 Å². The molecule has 0 aliphatic heterocycles. The molecule has 1 unspecified atom stereocenters. The molecule has 17 heavy (non-hydrogen) atoms. The van der Waals surface area contributed by atoms with Crippen molar-refractivity contribution in [1.29, 1.82) is 0 Å². The molecule has 2 rings (SSSR count). The van der Waals surface area contributed by atoms with Gasteiger partial charge < -0.3 is 10.4 Å². The second-order valence-corrected chi connectivity index (χ2v) is 4.90. The summed E-state index contributed by atoms with van der Waals surface area (Å²) in [5.41, 5.74) is 1.20. The number of rotatable bonds is 6.